The lowest BCUT2D eigenvalue weighted by Crippen LogP contribution is -1.86. The van der Waals surface area contributed by atoms with Crippen molar-refractivity contribution in [3.63, 3.8) is 0 Å². The molecule has 0 unspecified atom stereocenters. The number of hydrogen-bond acceptors (Lipinski definition) is 4. The summed E-state index contributed by atoms with van der Waals surface area (Å²) in [5, 5.41) is 12.3. The molecule has 0 amide bonds. The number of hydrogen-bond donors (Lipinski definition) is 3. The van der Waals surface area contributed by atoms with Crippen LogP contribution in [0.2, 0.25) is 0 Å². The Kier molecular flexibility index (Phi) is 1.66. The van der Waals surface area contributed by atoms with Crippen LogP contribution in [0.25, 0.3) is 10.1 Å². The van der Waals surface area contributed by atoms with Gasteiger partial charge in [-0.3, -0.25) is 0 Å². The average Bonchev–Trinajstić information content (AvgIpc) is 2.48. The number of phenols is 1. The molecule has 1 heterocycles. The number of fused-ring (bicyclic) bond motifs is 1. The molecule has 0 bridgehead atoms. The molecule has 12 heavy (non-hydrogen) atoms. The van der Waals surface area contributed by atoms with E-state index in [-0.39, 0.29) is 5.75 Å². The summed E-state index contributed by atoms with van der Waals surface area (Å²) in [6, 6.07) is 3.71. The maximum absolute atomic E-state index is 9.43. The molecule has 0 atom stereocenters. The molecule has 1 aromatic carbocycles. The van der Waals surface area contributed by atoms with Crippen LogP contribution in [0.5, 0.6) is 5.75 Å². The zero-order valence-corrected chi connectivity index (χ0v) is 7.82. The summed E-state index contributed by atoms with van der Waals surface area (Å²) in [5.74, 6) is 0.0734. The number of rotatable bonds is 0. The van der Waals surface area contributed by atoms with E-state index in [9.17, 15) is 5.11 Å². The Hall–Kier alpha value is -0.870. The second-order valence-corrected chi connectivity index (χ2v) is 3.92. The van der Waals surface area contributed by atoms with Crippen LogP contribution < -0.4 is 5.73 Å². The number of phenolic OH excluding ortho intramolecular Hbond substituents is 1. The first-order valence-corrected chi connectivity index (χ1v) is 4.70. The summed E-state index contributed by atoms with van der Waals surface area (Å²) in [6.45, 7) is 0. The van der Waals surface area contributed by atoms with E-state index in [1.54, 1.807) is 11.3 Å². The van der Waals surface area contributed by atoms with E-state index >= 15 is 0 Å². The zero-order chi connectivity index (χ0) is 8.72. The lowest BCUT2D eigenvalue weighted by atomic mass is 10.2. The summed E-state index contributed by atoms with van der Waals surface area (Å²) in [7, 11) is 0. The van der Waals surface area contributed by atoms with Crippen molar-refractivity contribution in [2.45, 2.75) is 4.90 Å². The van der Waals surface area contributed by atoms with Gasteiger partial charge in [0.15, 0.2) is 5.75 Å². The minimum Gasteiger partial charge on any atom is -0.505 e. The van der Waals surface area contributed by atoms with E-state index < -0.39 is 0 Å². The minimum absolute atomic E-state index is 0.0734. The first-order chi connectivity index (χ1) is 5.70. The fraction of sp³-hybridized carbons (Fsp3) is 0. The molecular formula is C8H7NOS2. The SMILES string of the molecule is Nc1c(O)c(S)cc2sccc12. The Bertz CT molecular complexity index is 436. The molecule has 0 aliphatic heterocycles. The smallest absolute Gasteiger partial charge is 0.152 e. The lowest BCUT2D eigenvalue weighted by Gasteiger charge is -2.02. The average molecular weight is 197 g/mol. The van der Waals surface area contributed by atoms with Crippen molar-refractivity contribution in [3.05, 3.63) is 17.5 Å². The Balaban J connectivity index is 2.94. The molecule has 0 aliphatic rings. The maximum atomic E-state index is 9.43. The second-order valence-electron chi connectivity index (χ2n) is 2.49. The summed E-state index contributed by atoms with van der Waals surface area (Å²) in [5.41, 5.74) is 6.09. The van der Waals surface area contributed by atoms with E-state index in [1.807, 2.05) is 17.5 Å². The van der Waals surface area contributed by atoms with Gasteiger partial charge in [-0.2, -0.15) is 0 Å². The predicted molar refractivity (Wildman–Crippen MR) is 55.2 cm³/mol. The number of nitrogens with two attached hydrogens (primary N) is 1. The highest BCUT2D eigenvalue weighted by atomic mass is 32.1. The lowest BCUT2D eigenvalue weighted by molar-refractivity contribution is 0.466. The molecule has 0 fully saturated rings. The van der Waals surface area contributed by atoms with Gasteiger partial charge in [-0.15, -0.1) is 24.0 Å². The fourth-order valence-electron chi connectivity index (χ4n) is 1.11. The van der Waals surface area contributed by atoms with E-state index in [0.717, 1.165) is 10.1 Å². The monoisotopic (exact) mass is 197 g/mol. The van der Waals surface area contributed by atoms with E-state index in [0.29, 0.717) is 10.6 Å². The van der Waals surface area contributed by atoms with Gasteiger partial charge in [-0.05, 0) is 17.5 Å². The van der Waals surface area contributed by atoms with Crippen molar-refractivity contribution < 1.29 is 5.11 Å². The van der Waals surface area contributed by atoms with Crippen LogP contribution in [0.15, 0.2) is 22.4 Å². The van der Waals surface area contributed by atoms with Gasteiger partial charge < -0.3 is 10.8 Å². The van der Waals surface area contributed by atoms with Crippen LogP contribution in [-0.2, 0) is 0 Å². The Morgan fingerprint density at radius 3 is 3.00 bits per heavy atom. The van der Waals surface area contributed by atoms with Crippen LogP contribution in [0.1, 0.15) is 0 Å². The second kappa shape index (κ2) is 2.57. The van der Waals surface area contributed by atoms with Crippen molar-refractivity contribution in [2.75, 3.05) is 5.73 Å². The minimum atomic E-state index is 0.0734. The van der Waals surface area contributed by atoms with Crippen LogP contribution in [-0.4, -0.2) is 5.11 Å². The molecule has 0 aliphatic carbocycles. The van der Waals surface area contributed by atoms with Crippen LogP contribution in [0.3, 0.4) is 0 Å². The molecular weight excluding hydrogens is 190 g/mol. The molecule has 62 valence electrons. The van der Waals surface area contributed by atoms with Gasteiger partial charge in [0.2, 0.25) is 0 Å². The number of nitrogen functional groups attached to an aromatic ring is 1. The zero-order valence-electron chi connectivity index (χ0n) is 6.11. The third-order valence-electron chi connectivity index (χ3n) is 1.75. The highest BCUT2D eigenvalue weighted by molar-refractivity contribution is 7.80. The van der Waals surface area contributed by atoms with Gasteiger partial charge in [0.25, 0.3) is 0 Å². The Morgan fingerprint density at radius 2 is 2.25 bits per heavy atom. The van der Waals surface area contributed by atoms with Gasteiger partial charge in [0, 0.05) is 15.0 Å². The quantitative estimate of drug-likeness (QED) is 0.345. The molecule has 0 saturated carbocycles. The molecule has 0 saturated heterocycles. The number of thiol groups is 1. The number of benzene rings is 1. The summed E-state index contributed by atoms with van der Waals surface area (Å²) >= 11 is 5.68. The molecule has 4 heteroatoms. The Labute approximate surface area is 79.0 Å². The molecule has 0 spiro atoms. The van der Waals surface area contributed by atoms with Gasteiger partial charge >= 0.3 is 0 Å². The van der Waals surface area contributed by atoms with Crippen molar-refractivity contribution in [2.24, 2.45) is 0 Å². The summed E-state index contributed by atoms with van der Waals surface area (Å²) in [6.07, 6.45) is 0. The van der Waals surface area contributed by atoms with Crippen molar-refractivity contribution in [1.29, 1.82) is 0 Å². The Morgan fingerprint density at radius 1 is 1.50 bits per heavy atom. The molecule has 1 aromatic heterocycles. The maximum Gasteiger partial charge on any atom is 0.152 e. The topological polar surface area (TPSA) is 46.2 Å². The summed E-state index contributed by atoms with van der Waals surface area (Å²) in [4.78, 5) is 0.530. The molecule has 2 rings (SSSR count). The van der Waals surface area contributed by atoms with Crippen molar-refractivity contribution in [3.8, 4) is 5.75 Å². The number of aromatic hydroxyl groups is 1. The van der Waals surface area contributed by atoms with Crippen LogP contribution in [0.4, 0.5) is 5.69 Å². The molecule has 0 radical (unpaired) electrons. The number of thiophene rings is 1. The van der Waals surface area contributed by atoms with Gasteiger partial charge in [0.1, 0.15) is 0 Å². The van der Waals surface area contributed by atoms with Gasteiger partial charge in [-0.1, -0.05) is 0 Å². The van der Waals surface area contributed by atoms with Crippen LogP contribution in [0, 0.1) is 0 Å². The molecule has 3 N–H and O–H groups in total. The highest BCUT2D eigenvalue weighted by Crippen LogP contribution is 2.37. The third-order valence-corrected chi connectivity index (χ3v) is 2.96. The highest BCUT2D eigenvalue weighted by Gasteiger charge is 2.07. The molecule has 2 nitrogen and oxygen atoms in total. The predicted octanol–water partition coefficient (Wildman–Crippen LogP) is 2.48. The first kappa shape index (κ1) is 7.76. The normalized spacial score (nSPS) is 10.8. The fourth-order valence-corrected chi connectivity index (χ4v) is 2.29. The van der Waals surface area contributed by atoms with Crippen LogP contribution >= 0.6 is 24.0 Å². The largest absolute Gasteiger partial charge is 0.505 e. The van der Waals surface area contributed by atoms with Gasteiger partial charge in [-0.25, -0.2) is 0 Å². The van der Waals surface area contributed by atoms with E-state index in [1.165, 1.54) is 0 Å². The third kappa shape index (κ3) is 0.956. The molecule has 2 aromatic rings. The van der Waals surface area contributed by atoms with E-state index in [4.69, 9.17) is 5.73 Å². The van der Waals surface area contributed by atoms with Gasteiger partial charge in [0.05, 0.1) is 5.69 Å². The summed E-state index contributed by atoms with van der Waals surface area (Å²) < 4.78 is 1.05. The number of anilines is 1. The van der Waals surface area contributed by atoms with Crippen molar-refractivity contribution in [1.82, 2.24) is 0 Å². The van der Waals surface area contributed by atoms with E-state index in [2.05, 4.69) is 12.6 Å². The first-order valence-electron chi connectivity index (χ1n) is 3.38. The van der Waals surface area contributed by atoms with Crippen molar-refractivity contribution >= 4 is 39.7 Å². The standard InChI is InChI=1S/C8H7NOS2/c9-7-4-1-2-12-6(4)3-5(11)8(7)10/h1-3,10-11H,9H2.